The van der Waals surface area contributed by atoms with Crippen LogP contribution in [0.5, 0.6) is 0 Å². The number of carbonyl (C=O) groups is 1. The van der Waals surface area contributed by atoms with Gasteiger partial charge in [0.25, 0.3) is 5.91 Å². The number of methoxy groups -OCH3 is 1. The number of pyridine rings is 1. The first-order chi connectivity index (χ1) is 16.0. The minimum Gasteiger partial charge on any atom is -0.381 e. The van der Waals surface area contributed by atoms with E-state index in [-0.39, 0.29) is 11.5 Å². The molecule has 180 valence electrons. The van der Waals surface area contributed by atoms with Crippen molar-refractivity contribution in [3.63, 3.8) is 0 Å². The summed E-state index contributed by atoms with van der Waals surface area (Å²) in [5.41, 5.74) is 4.17. The summed E-state index contributed by atoms with van der Waals surface area (Å²) in [7, 11) is 1.85. The van der Waals surface area contributed by atoms with Gasteiger partial charge in [0.05, 0.1) is 22.4 Å². The van der Waals surface area contributed by atoms with Crippen molar-refractivity contribution in [1.29, 1.82) is 0 Å². The highest BCUT2D eigenvalue weighted by atomic mass is 16.5. The van der Waals surface area contributed by atoms with E-state index in [4.69, 9.17) is 14.6 Å². The highest BCUT2D eigenvalue weighted by Gasteiger charge is 2.38. The normalized spacial score (nSPS) is 25.9. The Labute approximate surface area is 196 Å². The fourth-order valence-electron chi connectivity index (χ4n) is 5.82. The number of hydrogen-bond acceptors (Lipinski definition) is 5. The van der Waals surface area contributed by atoms with Gasteiger partial charge in [0, 0.05) is 64.6 Å². The second-order valence-electron chi connectivity index (χ2n) is 10.5. The number of carbonyl (C=O) groups excluding carboxylic acids is 1. The number of ether oxygens (including phenoxy) is 2. The molecule has 4 heterocycles. The van der Waals surface area contributed by atoms with Crippen molar-refractivity contribution in [2.45, 2.75) is 57.5 Å². The Kier molecular flexibility index (Phi) is 6.47. The van der Waals surface area contributed by atoms with Crippen LogP contribution in [0.2, 0.25) is 0 Å². The van der Waals surface area contributed by atoms with E-state index in [1.54, 1.807) is 0 Å². The third-order valence-electron chi connectivity index (χ3n) is 8.07. The summed E-state index contributed by atoms with van der Waals surface area (Å²) in [6.07, 6.45) is 7.42. The Hall–Kier alpha value is -1.96. The van der Waals surface area contributed by atoms with Gasteiger partial charge in [0.15, 0.2) is 0 Å². The van der Waals surface area contributed by atoms with E-state index in [9.17, 15) is 4.79 Å². The first-order valence-electron chi connectivity index (χ1n) is 12.6. The van der Waals surface area contributed by atoms with Gasteiger partial charge in [-0.3, -0.25) is 4.79 Å². The van der Waals surface area contributed by atoms with Crippen LogP contribution in [0, 0.1) is 18.8 Å². The molecule has 7 nitrogen and oxygen atoms in total. The summed E-state index contributed by atoms with van der Waals surface area (Å²) in [6.45, 7) is 9.96. The van der Waals surface area contributed by atoms with Gasteiger partial charge in [-0.05, 0) is 62.6 Å². The van der Waals surface area contributed by atoms with Crippen LogP contribution in [-0.2, 0) is 9.47 Å². The number of fused-ring (bicyclic) bond motifs is 1. The summed E-state index contributed by atoms with van der Waals surface area (Å²) in [5.74, 6) is 1.68. The molecule has 2 atom stereocenters. The standard InChI is InChI=1S/C26H38N4O3/c1-18-15-29(17-26(32-3)9-12-33-13-10-26)11-8-22(18)24-19(2)28-30-16-21(6-7-23(24)30)25(31)27-14-20-4-5-20/h6-7,16,18,20,22H,4-5,8-15,17H2,1-3H3,(H,27,31)/t18-,22-/m0/s1. The summed E-state index contributed by atoms with van der Waals surface area (Å²) in [5, 5.41) is 7.86. The smallest absolute Gasteiger partial charge is 0.252 e. The average Bonchev–Trinajstić information content (AvgIpc) is 3.59. The number of piperidine rings is 1. The molecule has 2 aromatic rings. The molecular weight excluding hydrogens is 416 g/mol. The minimum absolute atomic E-state index is 0.000337. The topological polar surface area (TPSA) is 68.1 Å². The molecule has 1 aliphatic carbocycles. The lowest BCUT2D eigenvalue weighted by atomic mass is 9.80. The molecule has 33 heavy (non-hydrogen) atoms. The Balaban J connectivity index is 1.28. The second-order valence-corrected chi connectivity index (χ2v) is 10.5. The van der Waals surface area contributed by atoms with E-state index in [0.717, 1.165) is 69.9 Å². The third kappa shape index (κ3) is 4.81. The quantitative estimate of drug-likeness (QED) is 0.695. The predicted octanol–water partition coefficient (Wildman–Crippen LogP) is 3.40. The fourth-order valence-corrected chi connectivity index (χ4v) is 5.82. The molecule has 0 unspecified atom stereocenters. The van der Waals surface area contributed by atoms with Crippen molar-refractivity contribution >= 4 is 11.4 Å². The maximum atomic E-state index is 12.5. The van der Waals surface area contributed by atoms with Crippen LogP contribution >= 0.6 is 0 Å². The summed E-state index contributed by atoms with van der Waals surface area (Å²) >= 11 is 0. The number of amides is 1. The molecule has 0 bridgehead atoms. The van der Waals surface area contributed by atoms with Gasteiger partial charge in [-0.15, -0.1) is 0 Å². The maximum Gasteiger partial charge on any atom is 0.252 e. The molecule has 7 heteroatoms. The highest BCUT2D eigenvalue weighted by Crippen LogP contribution is 2.38. The van der Waals surface area contributed by atoms with Crippen molar-refractivity contribution in [1.82, 2.24) is 19.8 Å². The molecule has 1 amide bonds. The molecule has 1 saturated carbocycles. The van der Waals surface area contributed by atoms with Crippen LogP contribution < -0.4 is 5.32 Å². The fraction of sp³-hybridized carbons (Fsp3) is 0.692. The molecule has 0 radical (unpaired) electrons. The van der Waals surface area contributed by atoms with Gasteiger partial charge in [0.2, 0.25) is 0 Å². The van der Waals surface area contributed by atoms with Gasteiger partial charge in [-0.1, -0.05) is 6.92 Å². The molecule has 2 saturated heterocycles. The van der Waals surface area contributed by atoms with Crippen LogP contribution in [0.1, 0.15) is 66.6 Å². The molecule has 3 fully saturated rings. The molecule has 3 aliphatic rings. The number of aryl methyl sites for hydroxylation is 1. The number of nitrogens with zero attached hydrogens (tertiary/aromatic N) is 3. The zero-order valence-electron chi connectivity index (χ0n) is 20.3. The van der Waals surface area contributed by atoms with E-state index in [0.29, 0.717) is 23.3 Å². The van der Waals surface area contributed by atoms with E-state index in [2.05, 4.69) is 30.1 Å². The number of hydrogen-bond donors (Lipinski definition) is 1. The molecule has 5 rings (SSSR count). The first-order valence-corrected chi connectivity index (χ1v) is 12.6. The SMILES string of the molecule is COC1(CN2CC[C@H](c3c(C)nn4cc(C(=O)NCC5CC5)ccc34)[C@@H](C)C2)CCOCC1. The molecule has 0 aromatic carbocycles. The predicted molar refractivity (Wildman–Crippen MR) is 128 cm³/mol. The summed E-state index contributed by atoms with van der Waals surface area (Å²) in [4.78, 5) is 15.1. The lowest BCUT2D eigenvalue weighted by Crippen LogP contribution is -2.51. The zero-order chi connectivity index (χ0) is 23.0. The maximum absolute atomic E-state index is 12.5. The van der Waals surface area contributed by atoms with E-state index in [1.165, 1.54) is 18.4 Å². The number of nitrogens with one attached hydrogen (secondary N) is 1. The number of likely N-dealkylation sites (tertiary alicyclic amines) is 1. The highest BCUT2D eigenvalue weighted by molar-refractivity contribution is 5.94. The van der Waals surface area contributed by atoms with Crippen LogP contribution in [0.15, 0.2) is 18.3 Å². The molecule has 0 spiro atoms. The zero-order valence-corrected chi connectivity index (χ0v) is 20.3. The van der Waals surface area contributed by atoms with Crippen LogP contribution in [0.25, 0.3) is 5.52 Å². The summed E-state index contributed by atoms with van der Waals surface area (Å²) < 4.78 is 13.5. The van der Waals surface area contributed by atoms with Crippen LogP contribution in [0.3, 0.4) is 0 Å². The van der Waals surface area contributed by atoms with Crippen molar-refractivity contribution in [3.8, 4) is 0 Å². The Bertz CT molecular complexity index is 993. The molecule has 2 aliphatic heterocycles. The van der Waals surface area contributed by atoms with E-state index >= 15 is 0 Å². The van der Waals surface area contributed by atoms with E-state index < -0.39 is 0 Å². The van der Waals surface area contributed by atoms with Gasteiger partial charge in [-0.2, -0.15) is 5.10 Å². The second kappa shape index (κ2) is 9.35. The number of aromatic nitrogens is 2. The van der Waals surface area contributed by atoms with Gasteiger partial charge >= 0.3 is 0 Å². The Morgan fingerprint density at radius 2 is 2.06 bits per heavy atom. The molecule has 1 N–H and O–H groups in total. The Morgan fingerprint density at radius 1 is 1.27 bits per heavy atom. The Morgan fingerprint density at radius 3 is 2.76 bits per heavy atom. The molecule has 2 aromatic heterocycles. The molecular formula is C26H38N4O3. The van der Waals surface area contributed by atoms with Gasteiger partial charge < -0.3 is 19.7 Å². The monoisotopic (exact) mass is 454 g/mol. The van der Waals surface area contributed by atoms with Crippen molar-refractivity contribution in [2.24, 2.45) is 11.8 Å². The summed E-state index contributed by atoms with van der Waals surface area (Å²) in [6, 6.07) is 4.04. The third-order valence-corrected chi connectivity index (χ3v) is 8.07. The first kappa shape index (κ1) is 22.8. The largest absolute Gasteiger partial charge is 0.381 e. The van der Waals surface area contributed by atoms with E-state index in [1.807, 2.05) is 23.9 Å². The number of rotatable bonds is 7. The van der Waals surface area contributed by atoms with Crippen molar-refractivity contribution in [2.75, 3.05) is 46.5 Å². The van der Waals surface area contributed by atoms with Gasteiger partial charge in [0.1, 0.15) is 0 Å². The van der Waals surface area contributed by atoms with Crippen molar-refractivity contribution in [3.05, 3.63) is 35.2 Å². The van der Waals surface area contributed by atoms with Crippen molar-refractivity contribution < 1.29 is 14.3 Å². The van der Waals surface area contributed by atoms with Gasteiger partial charge in [-0.25, -0.2) is 4.52 Å². The average molecular weight is 455 g/mol. The lowest BCUT2D eigenvalue weighted by molar-refractivity contribution is -0.108. The van der Waals surface area contributed by atoms with Crippen LogP contribution in [0.4, 0.5) is 0 Å². The van der Waals surface area contributed by atoms with Crippen LogP contribution in [-0.4, -0.2) is 72.5 Å². The lowest BCUT2D eigenvalue weighted by Gasteiger charge is -2.44. The minimum atomic E-state index is -0.0678.